The Bertz CT molecular complexity index is 1250. The fraction of sp³-hybridized carbons (Fsp3) is 0.176. The van der Waals surface area contributed by atoms with Crippen molar-refractivity contribution >= 4 is 44.0 Å². The van der Waals surface area contributed by atoms with E-state index in [0.29, 0.717) is 11.0 Å². The lowest BCUT2D eigenvalue weighted by atomic mass is 10.3. The molecule has 0 aliphatic heterocycles. The summed E-state index contributed by atoms with van der Waals surface area (Å²) in [5.74, 6) is -0.341. The van der Waals surface area contributed by atoms with Gasteiger partial charge in [0.15, 0.2) is 16.4 Å². The van der Waals surface area contributed by atoms with Crippen LogP contribution in [0.5, 0.6) is 11.8 Å². The number of ether oxygens (including phenoxy) is 2. The lowest BCUT2D eigenvalue weighted by molar-refractivity contribution is -0.118. The Morgan fingerprint density at radius 2 is 2.17 bits per heavy atom. The van der Waals surface area contributed by atoms with Gasteiger partial charge in [-0.1, -0.05) is 6.57 Å². The number of aromatic nitrogens is 3. The zero-order chi connectivity index (χ0) is 21.2. The van der Waals surface area contributed by atoms with Crippen LogP contribution in [0.4, 0.5) is 17.2 Å². The number of carbonyl (C=O) groups excluding carboxylic acids is 1. The van der Waals surface area contributed by atoms with E-state index in [1.165, 1.54) is 31.5 Å². The number of H-pyrrole nitrogens is 1. The van der Waals surface area contributed by atoms with Gasteiger partial charge < -0.3 is 30.4 Å². The molecular formula is C17H16N6O5S. The van der Waals surface area contributed by atoms with E-state index in [2.05, 4.69) is 25.1 Å². The second kappa shape index (κ2) is 7.64. The molecule has 0 aliphatic carbocycles. The molecule has 1 aromatic carbocycles. The van der Waals surface area contributed by atoms with Gasteiger partial charge in [-0.25, -0.2) is 8.42 Å². The number of nitrogens with two attached hydrogens (primary N) is 1. The number of nitrogen functional groups attached to an aromatic ring is 1. The van der Waals surface area contributed by atoms with E-state index in [0.717, 1.165) is 6.26 Å². The van der Waals surface area contributed by atoms with Gasteiger partial charge in [0.2, 0.25) is 0 Å². The van der Waals surface area contributed by atoms with Gasteiger partial charge >= 0.3 is 0 Å². The van der Waals surface area contributed by atoms with Crippen LogP contribution in [0.15, 0.2) is 29.3 Å². The van der Waals surface area contributed by atoms with Crippen LogP contribution < -0.4 is 20.5 Å². The SMILES string of the molecule is [C-]#[N+]c1ncc2[nH]c(OCC(=O)Nc3ccc(OC)c(S(C)(=O)=O)c3)nc2c1N. The summed E-state index contributed by atoms with van der Waals surface area (Å²) >= 11 is 0. The number of nitrogens with zero attached hydrogens (tertiary/aromatic N) is 3. The quantitative estimate of drug-likeness (QED) is 0.511. The second-order valence-electron chi connectivity index (χ2n) is 5.89. The van der Waals surface area contributed by atoms with Crippen LogP contribution in [0.1, 0.15) is 0 Å². The molecule has 0 fully saturated rings. The Kier molecular flexibility index (Phi) is 5.24. The Labute approximate surface area is 165 Å². The summed E-state index contributed by atoms with van der Waals surface area (Å²) in [5, 5.41) is 2.54. The van der Waals surface area contributed by atoms with Crippen molar-refractivity contribution in [2.45, 2.75) is 4.90 Å². The lowest BCUT2D eigenvalue weighted by Gasteiger charge is -2.10. The highest BCUT2D eigenvalue weighted by Crippen LogP contribution is 2.29. The monoisotopic (exact) mass is 416 g/mol. The number of benzene rings is 1. The molecule has 1 amide bonds. The molecule has 2 heterocycles. The zero-order valence-electron chi connectivity index (χ0n) is 15.4. The van der Waals surface area contributed by atoms with Crippen molar-refractivity contribution in [2.75, 3.05) is 31.0 Å². The average Bonchev–Trinajstić information content (AvgIpc) is 3.10. The van der Waals surface area contributed by atoms with Gasteiger partial charge in [-0.15, -0.1) is 4.98 Å². The second-order valence-corrected chi connectivity index (χ2v) is 7.87. The fourth-order valence-corrected chi connectivity index (χ4v) is 3.35. The van der Waals surface area contributed by atoms with Gasteiger partial charge in [0.05, 0.1) is 12.8 Å². The number of hydrogen-bond acceptors (Lipinski definition) is 8. The van der Waals surface area contributed by atoms with Crippen molar-refractivity contribution < 1.29 is 22.7 Å². The number of amides is 1. The lowest BCUT2D eigenvalue weighted by Crippen LogP contribution is -2.20. The molecule has 3 rings (SSSR count). The van der Waals surface area contributed by atoms with Gasteiger partial charge in [0.25, 0.3) is 17.7 Å². The van der Waals surface area contributed by atoms with Crippen LogP contribution in [-0.2, 0) is 14.6 Å². The first-order valence-corrected chi connectivity index (χ1v) is 9.94. The minimum Gasteiger partial charge on any atom is -0.495 e. The number of nitrogens with one attached hydrogen (secondary N) is 2. The third-order valence-corrected chi connectivity index (χ3v) is 4.93. The summed E-state index contributed by atoms with van der Waals surface area (Å²) in [5.41, 5.74) is 6.97. The number of rotatable bonds is 6. The van der Waals surface area contributed by atoms with E-state index >= 15 is 0 Å². The maximum Gasteiger partial charge on any atom is 0.295 e. The first-order valence-electron chi connectivity index (χ1n) is 8.05. The van der Waals surface area contributed by atoms with Gasteiger partial charge in [-0.2, -0.15) is 4.98 Å². The van der Waals surface area contributed by atoms with Gasteiger partial charge in [0.1, 0.15) is 27.9 Å². The zero-order valence-corrected chi connectivity index (χ0v) is 16.2. The molecule has 29 heavy (non-hydrogen) atoms. The Hall–Kier alpha value is -3.85. The largest absolute Gasteiger partial charge is 0.495 e. The molecule has 2 aromatic heterocycles. The molecule has 11 nitrogen and oxygen atoms in total. The first-order chi connectivity index (χ1) is 13.7. The van der Waals surface area contributed by atoms with Crippen molar-refractivity contribution in [1.29, 1.82) is 0 Å². The Morgan fingerprint density at radius 3 is 2.83 bits per heavy atom. The number of sulfone groups is 1. The molecule has 0 aliphatic rings. The summed E-state index contributed by atoms with van der Waals surface area (Å²) in [6, 6.07) is 4.27. The summed E-state index contributed by atoms with van der Waals surface area (Å²) in [7, 11) is -2.19. The predicted octanol–water partition coefficient (Wildman–Crippen LogP) is 1.52. The number of aromatic amines is 1. The van der Waals surface area contributed by atoms with Crippen molar-refractivity contribution in [2.24, 2.45) is 0 Å². The van der Waals surface area contributed by atoms with Crippen LogP contribution in [-0.4, -0.2) is 49.2 Å². The van der Waals surface area contributed by atoms with Gasteiger partial charge in [0, 0.05) is 11.9 Å². The smallest absolute Gasteiger partial charge is 0.295 e. The maximum absolute atomic E-state index is 12.1. The highest BCUT2D eigenvalue weighted by molar-refractivity contribution is 7.90. The molecule has 0 bridgehead atoms. The minimum absolute atomic E-state index is 0.0227. The van der Waals surface area contributed by atoms with Crippen molar-refractivity contribution in [3.05, 3.63) is 35.8 Å². The number of imidazole rings is 1. The summed E-state index contributed by atoms with van der Waals surface area (Å²) in [4.78, 5) is 26.1. The summed E-state index contributed by atoms with van der Waals surface area (Å²) in [6.07, 6.45) is 2.43. The Balaban J connectivity index is 1.71. The molecule has 0 spiro atoms. The van der Waals surface area contributed by atoms with E-state index in [1.807, 2.05) is 0 Å². The third-order valence-electron chi connectivity index (χ3n) is 3.81. The maximum atomic E-state index is 12.1. The van der Waals surface area contributed by atoms with E-state index in [-0.39, 0.29) is 33.8 Å². The van der Waals surface area contributed by atoms with E-state index in [9.17, 15) is 13.2 Å². The topological polar surface area (TPSA) is 154 Å². The number of pyridine rings is 1. The predicted molar refractivity (Wildman–Crippen MR) is 105 cm³/mol. The molecule has 3 aromatic rings. The Morgan fingerprint density at radius 1 is 1.41 bits per heavy atom. The number of hydrogen-bond donors (Lipinski definition) is 3. The number of fused-ring (bicyclic) bond motifs is 1. The van der Waals surface area contributed by atoms with Crippen molar-refractivity contribution in [1.82, 2.24) is 15.0 Å². The van der Waals surface area contributed by atoms with Crippen LogP contribution in [0.2, 0.25) is 0 Å². The van der Waals surface area contributed by atoms with E-state index in [4.69, 9.17) is 21.8 Å². The minimum atomic E-state index is -3.55. The van der Waals surface area contributed by atoms with E-state index in [1.54, 1.807) is 0 Å². The number of carbonyl (C=O) groups is 1. The van der Waals surface area contributed by atoms with Crippen molar-refractivity contribution in [3.8, 4) is 11.8 Å². The van der Waals surface area contributed by atoms with Gasteiger partial charge in [-0.3, -0.25) is 4.79 Å². The number of anilines is 2. The molecule has 0 atom stereocenters. The molecule has 0 unspecified atom stereocenters. The molecular weight excluding hydrogens is 400 g/mol. The highest BCUT2D eigenvalue weighted by atomic mass is 32.2. The van der Waals surface area contributed by atoms with Crippen LogP contribution >= 0.6 is 0 Å². The highest BCUT2D eigenvalue weighted by Gasteiger charge is 2.17. The normalized spacial score (nSPS) is 11.1. The average molecular weight is 416 g/mol. The molecule has 150 valence electrons. The molecule has 4 N–H and O–H groups in total. The third kappa shape index (κ3) is 4.19. The number of methoxy groups -OCH3 is 1. The first kappa shape index (κ1) is 19.9. The van der Waals surface area contributed by atoms with Crippen LogP contribution in [0.25, 0.3) is 15.9 Å². The van der Waals surface area contributed by atoms with Crippen LogP contribution in [0.3, 0.4) is 0 Å². The molecule has 0 saturated heterocycles. The molecule has 0 radical (unpaired) electrons. The summed E-state index contributed by atoms with van der Waals surface area (Å²) in [6.45, 7) is 6.60. The standard InChI is InChI=1S/C17H16N6O5S/c1-19-16-14(18)15-10(7-20-16)22-17(23-15)28-8-13(24)21-9-4-5-11(27-2)12(6-9)29(3,25)26/h4-7H,8,18H2,2-3H3,(H,21,24)(H,22,23). The van der Waals surface area contributed by atoms with E-state index < -0.39 is 22.4 Å². The van der Waals surface area contributed by atoms with Gasteiger partial charge in [-0.05, 0) is 18.2 Å². The molecule has 0 saturated carbocycles. The summed E-state index contributed by atoms with van der Waals surface area (Å²) < 4.78 is 34.1. The van der Waals surface area contributed by atoms with Crippen molar-refractivity contribution in [3.63, 3.8) is 0 Å². The van der Waals surface area contributed by atoms with Crippen LogP contribution in [0, 0.1) is 6.57 Å². The molecule has 12 heteroatoms. The fourth-order valence-electron chi connectivity index (χ4n) is 2.50.